The molecule has 0 atom stereocenters. The van der Waals surface area contributed by atoms with Gasteiger partial charge in [0.1, 0.15) is 11.4 Å². The highest BCUT2D eigenvalue weighted by atomic mass is 15.5. The number of aromatic nitrogens is 3. The third kappa shape index (κ3) is 4.86. The molecule has 0 radical (unpaired) electrons. The van der Waals surface area contributed by atoms with E-state index in [0.29, 0.717) is 6.54 Å². The van der Waals surface area contributed by atoms with Crippen molar-refractivity contribution in [1.29, 1.82) is 0 Å². The van der Waals surface area contributed by atoms with Crippen LogP contribution in [0.1, 0.15) is 29.7 Å². The van der Waals surface area contributed by atoms with E-state index in [4.69, 9.17) is 10.2 Å². The molecule has 5 nitrogen and oxygen atoms in total. The summed E-state index contributed by atoms with van der Waals surface area (Å²) in [5.41, 5.74) is 5.61. The molecule has 5 heteroatoms. The van der Waals surface area contributed by atoms with Gasteiger partial charge < -0.3 is 10.6 Å². The van der Waals surface area contributed by atoms with Crippen molar-refractivity contribution >= 4 is 0 Å². The van der Waals surface area contributed by atoms with Gasteiger partial charge in [0.15, 0.2) is 0 Å². The predicted octanol–water partition coefficient (Wildman–Crippen LogP) is 3.39. The van der Waals surface area contributed by atoms with Gasteiger partial charge in [0.25, 0.3) is 0 Å². The zero-order chi connectivity index (χ0) is 19.2. The molecule has 1 saturated heterocycles. The third-order valence-corrected chi connectivity index (χ3v) is 5.40. The fraction of sp³-hybridized carbons (Fsp3) is 0.391. The normalized spacial score (nSPS) is 15.0. The molecule has 2 aromatic carbocycles. The van der Waals surface area contributed by atoms with Crippen molar-refractivity contribution in [3.63, 3.8) is 0 Å². The lowest BCUT2D eigenvalue weighted by molar-refractivity contribution is 0.355. The highest BCUT2D eigenvalue weighted by Gasteiger charge is 2.16. The summed E-state index contributed by atoms with van der Waals surface area (Å²) >= 11 is 0. The quantitative estimate of drug-likeness (QED) is 0.665. The minimum Gasteiger partial charge on any atom is -0.317 e. The SMILES string of the molecule is Cc1ccc(Cn2nc(CNCC3CCNCC3)c(-c3ccccc3)n2)cc1. The maximum absolute atomic E-state index is 4.82. The summed E-state index contributed by atoms with van der Waals surface area (Å²) in [7, 11) is 0. The van der Waals surface area contributed by atoms with Crippen LogP contribution in [-0.4, -0.2) is 34.6 Å². The lowest BCUT2D eigenvalue weighted by atomic mass is 9.98. The van der Waals surface area contributed by atoms with Crippen LogP contribution in [0.4, 0.5) is 0 Å². The summed E-state index contributed by atoms with van der Waals surface area (Å²) < 4.78 is 0. The third-order valence-electron chi connectivity index (χ3n) is 5.40. The lowest BCUT2D eigenvalue weighted by Gasteiger charge is -2.22. The van der Waals surface area contributed by atoms with Crippen LogP contribution >= 0.6 is 0 Å². The fourth-order valence-electron chi connectivity index (χ4n) is 3.73. The van der Waals surface area contributed by atoms with Gasteiger partial charge in [0.2, 0.25) is 0 Å². The van der Waals surface area contributed by atoms with Crippen LogP contribution in [0.2, 0.25) is 0 Å². The van der Waals surface area contributed by atoms with E-state index >= 15 is 0 Å². The smallest absolute Gasteiger partial charge is 0.117 e. The minimum absolute atomic E-state index is 0.689. The van der Waals surface area contributed by atoms with E-state index in [1.165, 1.54) is 24.0 Å². The van der Waals surface area contributed by atoms with Crippen LogP contribution in [0.3, 0.4) is 0 Å². The maximum atomic E-state index is 4.82. The number of nitrogens with zero attached hydrogens (tertiary/aromatic N) is 3. The van der Waals surface area contributed by atoms with Crippen molar-refractivity contribution in [3.05, 3.63) is 71.4 Å². The van der Waals surface area contributed by atoms with Crippen LogP contribution in [-0.2, 0) is 13.1 Å². The Kier molecular flexibility index (Phi) is 6.14. The Balaban J connectivity index is 1.49. The summed E-state index contributed by atoms with van der Waals surface area (Å²) in [6.07, 6.45) is 2.50. The molecule has 28 heavy (non-hydrogen) atoms. The topological polar surface area (TPSA) is 54.8 Å². The molecule has 0 saturated carbocycles. The number of hydrogen-bond donors (Lipinski definition) is 2. The minimum atomic E-state index is 0.689. The Morgan fingerprint density at radius 1 is 1.00 bits per heavy atom. The number of aryl methyl sites for hydroxylation is 1. The summed E-state index contributed by atoms with van der Waals surface area (Å²) in [6.45, 7) is 6.86. The molecule has 1 aromatic heterocycles. The molecule has 0 aliphatic carbocycles. The summed E-state index contributed by atoms with van der Waals surface area (Å²) in [5.74, 6) is 0.754. The summed E-state index contributed by atoms with van der Waals surface area (Å²) in [6, 6.07) is 18.9. The van der Waals surface area contributed by atoms with E-state index in [0.717, 1.165) is 49.0 Å². The van der Waals surface area contributed by atoms with E-state index in [1.54, 1.807) is 0 Å². The Hall–Kier alpha value is -2.50. The van der Waals surface area contributed by atoms with Crippen molar-refractivity contribution in [3.8, 4) is 11.3 Å². The van der Waals surface area contributed by atoms with E-state index in [-0.39, 0.29) is 0 Å². The van der Waals surface area contributed by atoms with Crippen LogP contribution in [0, 0.1) is 12.8 Å². The van der Waals surface area contributed by atoms with Gasteiger partial charge in [-0.15, -0.1) is 0 Å². The highest BCUT2D eigenvalue weighted by Crippen LogP contribution is 2.20. The number of hydrogen-bond acceptors (Lipinski definition) is 4. The van der Waals surface area contributed by atoms with Crippen molar-refractivity contribution in [1.82, 2.24) is 25.6 Å². The average Bonchev–Trinajstić information content (AvgIpc) is 3.14. The van der Waals surface area contributed by atoms with E-state index in [9.17, 15) is 0 Å². The number of rotatable bonds is 7. The Labute approximate surface area is 167 Å². The second-order valence-corrected chi connectivity index (χ2v) is 7.70. The van der Waals surface area contributed by atoms with Crippen LogP contribution < -0.4 is 10.6 Å². The number of piperidine rings is 1. The molecular formula is C23H29N5. The molecule has 3 aromatic rings. The van der Waals surface area contributed by atoms with Gasteiger partial charge in [-0.05, 0) is 50.9 Å². The van der Waals surface area contributed by atoms with Crippen molar-refractivity contribution in [2.24, 2.45) is 5.92 Å². The standard InChI is InChI=1S/C23H29N5/c1-18-7-9-20(10-8-18)17-28-26-22(16-25-15-19-11-13-24-14-12-19)23(27-28)21-5-3-2-4-6-21/h2-10,19,24-25H,11-17H2,1H3. The first-order chi connectivity index (χ1) is 13.8. The second kappa shape index (κ2) is 9.13. The molecule has 2 N–H and O–H groups in total. The summed E-state index contributed by atoms with van der Waals surface area (Å²) in [5, 5.41) is 16.7. The molecule has 1 aliphatic rings. The second-order valence-electron chi connectivity index (χ2n) is 7.70. The van der Waals surface area contributed by atoms with Gasteiger partial charge in [0, 0.05) is 12.1 Å². The summed E-state index contributed by atoms with van der Waals surface area (Å²) in [4.78, 5) is 1.83. The zero-order valence-electron chi connectivity index (χ0n) is 16.6. The molecular weight excluding hydrogens is 346 g/mol. The van der Waals surface area contributed by atoms with Gasteiger partial charge >= 0.3 is 0 Å². The van der Waals surface area contributed by atoms with Gasteiger partial charge in [0.05, 0.1) is 6.54 Å². The molecule has 1 fully saturated rings. The van der Waals surface area contributed by atoms with Gasteiger partial charge in [-0.1, -0.05) is 60.2 Å². The Morgan fingerprint density at radius 2 is 1.75 bits per heavy atom. The predicted molar refractivity (Wildman–Crippen MR) is 113 cm³/mol. The molecule has 4 rings (SSSR count). The first-order valence-electron chi connectivity index (χ1n) is 10.2. The van der Waals surface area contributed by atoms with Crippen molar-refractivity contribution in [2.75, 3.05) is 19.6 Å². The fourth-order valence-corrected chi connectivity index (χ4v) is 3.73. The Morgan fingerprint density at radius 3 is 2.50 bits per heavy atom. The molecule has 2 heterocycles. The number of benzene rings is 2. The van der Waals surface area contributed by atoms with Gasteiger partial charge in [-0.2, -0.15) is 15.0 Å². The van der Waals surface area contributed by atoms with Crippen LogP contribution in [0.5, 0.6) is 0 Å². The molecule has 0 spiro atoms. The van der Waals surface area contributed by atoms with E-state index in [2.05, 4.69) is 66.1 Å². The Bertz CT molecular complexity index is 864. The molecule has 146 valence electrons. The van der Waals surface area contributed by atoms with Crippen LogP contribution in [0.25, 0.3) is 11.3 Å². The van der Waals surface area contributed by atoms with Crippen molar-refractivity contribution in [2.45, 2.75) is 32.9 Å². The molecule has 1 aliphatic heterocycles. The average molecular weight is 376 g/mol. The highest BCUT2D eigenvalue weighted by molar-refractivity contribution is 5.60. The number of nitrogens with one attached hydrogen (secondary N) is 2. The van der Waals surface area contributed by atoms with E-state index in [1.807, 2.05) is 10.9 Å². The first kappa shape index (κ1) is 18.8. The molecule has 0 amide bonds. The maximum Gasteiger partial charge on any atom is 0.117 e. The molecule has 0 bridgehead atoms. The monoisotopic (exact) mass is 375 g/mol. The van der Waals surface area contributed by atoms with Crippen LogP contribution in [0.15, 0.2) is 54.6 Å². The lowest BCUT2D eigenvalue weighted by Crippen LogP contribution is -2.33. The molecule has 0 unspecified atom stereocenters. The van der Waals surface area contributed by atoms with Gasteiger partial charge in [-0.25, -0.2) is 0 Å². The first-order valence-corrected chi connectivity index (χ1v) is 10.2. The van der Waals surface area contributed by atoms with E-state index < -0.39 is 0 Å². The largest absolute Gasteiger partial charge is 0.317 e. The van der Waals surface area contributed by atoms with Gasteiger partial charge in [-0.3, -0.25) is 0 Å². The van der Waals surface area contributed by atoms with Crippen molar-refractivity contribution < 1.29 is 0 Å². The zero-order valence-corrected chi connectivity index (χ0v) is 16.6.